The number of morpholine rings is 1. The van der Waals surface area contributed by atoms with Crippen LogP contribution in [-0.2, 0) is 4.74 Å². The van der Waals surface area contributed by atoms with E-state index in [0.29, 0.717) is 6.04 Å². The Kier molecular flexibility index (Phi) is 2.63. The van der Waals surface area contributed by atoms with Crippen LogP contribution in [0.3, 0.4) is 0 Å². The van der Waals surface area contributed by atoms with Crippen LogP contribution in [0.15, 0.2) is 0 Å². The Morgan fingerprint density at radius 2 is 2.08 bits per heavy atom. The zero-order valence-corrected chi connectivity index (χ0v) is 7.75. The molecule has 0 saturated carbocycles. The molecule has 0 aliphatic carbocycles. The molecule has 12 heavy (non-hydrogen) atoms. The van der Waals surface area contributed by atoms with Crippen LogP contribution in [0.2, 0.25) is 0 Å². The highest BCUT2D eigenvalue weighted by Gasteiger charge is 2.29. The maximum Gasteiger partial charge on any atom is 0.0594 e. The zero-order valence-electron chi connectivity index (χ0n) is 7.75. The van der Waals surface area contributed by atoms with E-state index in [4.69, 9.17) is 4.74 Å². The van der Waals surface area contributed by atoms with Gasteiger partial charge >= 0.3 is 0 Å². The predicted octanol–water partition coefficient (Wildman–Crippen LogP) is 0.0690. The van der Waals surface area contributed by atoms with E-state index in [1.54, 1.807) is 0 Å². The van der Waals surface area contributed by atoms with Crippen molar-refractivity contribution in [3.05, 3.63) is 0 Å². The molecule has 2 aliphatic heterocycles. The third kappa shape index (κ3) is 1.63. The summed E-state index contributed by atoms with van der Waals surface area (Å²) in [5.41, 5.74) is 0. The second-order valence-electron chi connectivity index (χ2n) is 3.75. The molecule has 2 heterocycles. The average Bonchev–Trinajstić information content (AvgIpc) is 2.53. The van der Waals surface area contributed by atoms with Gasteiger partial charge in [-0.25, -0.2) is 0 Å². The van der Waals surface area contributed by atoms with E-state index in [-0.39, 0.29) is 0 Å². The summed E-state index contributed by atoms with van der Waals surface area (Å²) in [7, 11) is 0. The van der Waals surface area contributed by atoms with Gasteiger partial charge in [0.2, 0.25) is 0 Å². The van der Waals surface area contributed by atoms with Crippen LogP contribution in [-0.4, -0.2) is 49.8 Å². The maximum absolute atomic E-state index is 5.33. The van der Waals surface area contributed by atoms with Gasteiger partial charge in [-0.05, 0) is 19.9 Å². The highest BCUT2D eigenvalue weighted by atomic mass is 16.5. The van der Waals surface area contributed by atoms with Gasteiger partial charge in [-0.3, -0.25) is 4.90 Å². The van der Waals surface area contributed by atoms with Crippen molar-refractivity contribution in [2.24, 2.45) is 0 Å². The summed E-state index contributed by atoms with van der Waals surface area (Å²) in [4.78, 5) is 2.56. The summed E-state index contributed by atoms with van der Waals surface area (Å²) >= 11 is 0. The topological polar surface area (TPSA) is 24.5 Å². The largest absolute Gasteiger partial charge is 0.379 e. The van der Waals surface area contributed by atoms with E-state index in [1.807, 2.05) is 0 Å². The van der Waals surface area contributed by atoms with E-state index < -0.39 is 0 Å². The molecule has 0 aromatic rings. The first kappa shape index (κ1) is 8.48. The Bertz CT molecular complexity index is 145. The summed E-state index contributed by atoms with van der Waals surface area (Å²) in [5, 5.41) is 3.48. The SMILES string of the molecule is C[C@@H]1NCC[C@@H]1N1CCOCC1. The van der Waals surface area contributed by atoms with Gasteiger partial charge in [-0.2, -0.15) is 0 Å². The molecule has 2 saturated heterocycles. The van der Waals surface area contributed by atoms with E-state index in [9.17, 15) is 0 Å². The molecule has 0 radical (unpaired) electrons. The van der Waals surface area contributed by atoms with Gasteiger partial charge in [-0.1, -0.05) is 0 Å². The van der Waals surface area contributed by atoms with Crippen molar-refractivity contribution in [3.63, 3.8) is 0 Å². The molecule has 3 nitrogen and oxygen atoms in total. The Balaban J connectivity index is 1.89. The summed E-state index contributed by atoms with van der Waals surface area (Å²) in [6.45, 7) is 7.55. The van der Waals surface area contributed by atoms with Crippen LogP contribution in [0.4, 0.5) is 0 Å². The first-order valence-electron chi connectivity index (χ1n) is 4.93. The molecule has 0 amide bonds. The molecule has 0 aromatic carbocycles. The Morgan fingerprint density at radius 3 is 2.67 bits per heavy atom. The number of hydrogen-bond acceptors (Lipinski definition) is 3. The molecule has 0 aromatic heterocycles. The molecule has 0 unspecified atom stereocenters. The van der Waals surface area contributed by atoms with E-state index in [0.717, 1.165) is 32.3 Å². The van der Waals surface area contributed by atoms with E-state index in [2.05, 4.69) is 17.1 Å². The van der Waals surface area contributed by atoms with Crippen LogP contribution >= 0.6 is 0 Å². The fourth-order valence-electron chi connectivity index (χ4n) is 2.25. The summed E-state index contributed by atoms with van der Waals surface area (Å²) < 4.78 is 5.33. The fourth-order valence-corrected chi connectivity index (χ4v) is 2.25. The Hall–Kier alpha value is -0.120. The third-order valence-corrected chi connectivity index (χ3v) is 3.00. The summed E-state index contributed by atoms with van der Waals surface area (Å²) in [6, 6.07) is 1.43. The molecule has 2 fully saturated rings. The molecule has 70 valence electrons. The second kappa shape index (κ2) is 3.73. The van der Waals surface area contributed by atoms with Crippen molar-refractivity contribution in [2.75, 3.05) is 32.8 Å². The first-order chi connectivity index (χ1) is 5.88. The van der Waals surface area contributed by atoms with Crippen molar-refractivity contribution < 1.29 is 4.74 Å². The molecule has 0 bridgehead atoms. The van der Waals surface area contributed by atoms with Gasteiger partial charge in [-0.15, -0.1) is 0 Å². The van der Waals surface area contributed by atoms with Crippen molar-refractivity contribution in [3.8, 4) is 0 Å². The number of rotatable bonds is 1. The molecule has 2 rings (SSSR count). The van der Waals surface area contributed by atoms with Crippen LogP contribution in [0, 0.1) is 0 Å². The number of nitrogens with zero attached hydrogens (tertiary/aromatic N) is 1. The van der Waals surface area contributed by atoms with E-state index >= 15 is 0 Å². The minimum absolute atomic E-state index is 0.670. The molecule has 2 atom stereocenters. The minimum atomic E-state index is 0.670. The lowest BCUT2D eigenvalue weighted by molar-refractivity contribution is 0.0152. The smallest absolute Gasteiger partial charge is 0.0594 e. The molecule has 1 N–H and O–H groups in total. The standard InChI is InChI=1S/C9H18N2O/c1-8-9(2-3-10-8)11-4-6-12-7-5-11/h8-10H,2-7H2,1H3/t8-,9-/m0/s1. The van der Waals surface area contributed by atoms with Gasteiger partial charge in [0, 0.05) is 25.2 Å². The number of ether oxygens (including phenoxy) is 1. The van der Waals surface area contributed by atoms with E-state index in [1.165, 1.54) is 13.0 Å². The van der Waals surface area contributed by atoms with Gasteiger partial charge in [0.25, 0.3) is 0 Å². The average molecular weight is 170 g/mol. The molecular weight excluding hydrogens is 152 g/mol. The van der Waals surface area contributed by atoms with Gasteiger partial charge in [0.1, 0.15) is 0 Å². The lowest BCUT2D eigenvalue weighted by Crippen LogP contribution is -2.47. The summed E-state index contributed by atoms with van der Waals surface area (Å²) in [5.74, 6) is 0. The molecule has 2 aliphatic rings. The number of hydrogen-bond donors (Lipinski definition) is 1. The second-order valence-corrected chi connectivity index (χ2v) is 3.75. The predicted molar refractivity (Wildman–Crippen MR) is 48.3 cm³/mol. The van der Waals surface area contributed by atoms with Crippen molar-refractivity contribution in [2.45, 2.75) is 25.4 Å². The lowest BCUT2D eigenvalue weighted by atomic mass is 10.1. The van der Waals surface area contributed by atoms with Crippen molar-refractivity contribution in [1.29, 1.82) is 0 Å². The lowest BCUT2D eigenvalue weighted by Gasteiger charge is -2.34. The highest BCUT2D eigenvalue weighted by Crippen LogP contribution is 2.15. The maximum atomic E-state index is 5.33. The van der Waals surface area contributed by atoms with Gasteiger partial charge < -0.3 is 10.1 Å². The van der Waals surface area contributed by atoms with Crippen molar-refractivity contribution >= 4 is 0 Å². The molecular formula is C9H18N2O. The van der Waals surface area contributed by atoms with Crippen LogP contribution < -0.4 is 5.32 Å². The van der Waals surface area contributed by atoms with Gasteiger partial charge in [0.15, 0.2) is 0 Å². The Labute approximate surface area is 74.1 Å². The summed E-state index contributed by atoms with van der Waals surface area (Å²) in [6.07, 6.45) is 1.31. The first-order valence-corrected chi connectivity index (χ1v) is 4.93. The molecule has 3 heteroatoms. The zero-order chi connectivity index (χ0) is 8.39. The molecule has 0 spiro atoms. The third-order valence-electron chi connectivity index (χ3n) is 3.00. The monoisotopic (exact) mass is 170 g/mol. The quantitative estimate of drug-likeness (QED) is 0.602. The van der Waals surface area contributed by atoms with Crippen LogP contribution in [0.1, 0.15) is 13.3 Å². The fraction of sp³-hybridized carbons (Fsp3) is 1.00. The van der Waals surface area contributed by atoms with Crippen LogP contribution in [0.25, 0.3) is 0 Å². The normalized spacial score (nSPS) is 38.8. The van der Waals surface area contributed by atoms with Crippen LogP contribution in [0.5, 0.6) is 0 Å². The van der Waals surface area contributed by atoms with Crippen molar-refractivity contribution in [1.82, 2.24) is 10.2 Å². The number of nitrogens with one attached hydrogen (secondary N) is 1. The van der Waals surface area contributed by atoms with Gasteiger partial charge in [0.05, 0.1) is 13.2 Å². The Morgan fingerprint density at radius 1 is 1.33 bits per heavy atom. The minimum Gasteiger partial charge on any atom is -0.379 e. The highest BCUT2D eigenvalue weighted by molar-refractivity contribution is 4.88.